The van der Waals surface area contributed by atoms with Gasteiger partial charge in [0.25, 0.3) is 0 Å². The first-order valence-electron chi connectivity index (χ1n) is 11.0. The van der Waals surface area contributed by atoms with Crippen LogP contribution in [0.25, 0.3) is 0 Å². The van der Waals surface area contributed by atoms with Crippen LogP contribution in [-0.2, 0) is 11.2 Å². The first-order valence-corrected chi connectivity index (χ1v) is 12.0. The topological polar surface area (TPSA) is 99.4 Å². The minimum Gasteiger partial charge on any atom is -0.327 e. The van der Waals surface area contributed by atoms with Crippen LogP contribution in [0, 0.1) is 31.1 Å². The zero-order valence-electron chi connectivity index (χ0n) is 17.8. The lowest BCUT2D eigenvalue weighted by atomic mass is 10.0. The molecule has 2 aliphatic rings. The number of hydrogen-bond donors (Lipinski definition) is 2. The maximum atomic E-state index is 12.7. The van der Waals surface area contributed by atoms with E-state index < -0.39 is 0 Å². The van der Waals surface area contributed by atoms with Crippen LogP contribution < -0.4 is 5.32 Å². The monoisotopic (exact) mass is 426 g/mol. The van der Waals surface area contributed by atoms with Gasteiger partial charge in [-0.05, 0) is 38.2 Å². The molecule has 0 radical (unpaired) electrons. The molecule has 2 saturated carbocycles. The molecule has 0 saturated heterocycles. The molecule has 2 heterocycles. The summed E-state index contributed by atoms with van der Waals surface area (Å²) in [6.07, 6.45) is 10.7. The van der Waals surface area contributed by atoms with Crippen LogP contribution in [0.15, 0.2) is 5.16 Å². The summed E-state index contributed by atoms with van der Waals surface area (Å²) in [5, 5.41) is 20.6. The summed E-state index contributed by atoms with van der Waals surface area (Å²) in [4.78, 5) is 17.3. The Morgan fingerprint density at radius 2 is 1.93 bits per heavy atom. The number of carbonyl (C=O) groups is 1. The molecule has 8 heteroatoms. The molecule has 2 aromatic heterocycles. The highest BCUT2D eigenvalue weighted by Gasteiger charge is 2.26. The van der Waals surface area contributed by atoms with E-state index in [4.69, 9.17) is 0 Å². The van der Waals surface area contributed by atoms with Crippen LogP contribution in [0.5, 0.6) is 0 Å². The molecule has 2 fully saturated rings. The number of rotatable bonds is 7. The van der Waals surface area contributed by atoms with E-state index in [-0.39, 0.29) is 11.7 Å². The van der Waals surface area contributed by atoms with Gasteiger partial charge in [-0.3, -0.25) is 9.89 Å². The standard InChI is InChI=1S/C22H30N6OS/c1-14-15(2)28(17-9-5-6-10-17)21(18(14)12-23)25-20(29)13-30-22-24-19(26-27-22)11-16-7-3-4-8-16/h16-17H,3-11,13H2,1-2H3,(H,25,29)(H,24,26,27). The van der Waals surface area contributed by atoms with Crippen LogP contribution in [0.1, 0.15) is 80.1 Å². The minimum atomic E-state index is -0.129. The van der Waals surface area contributed by atoms with Gasteiger partial charge in [-0.2, -0.15) is 5.26 Å². The van der Waals surface area contributed by atoms with Gasteiger partial charge in [0.05, 0.1) is 11.3 Å². The fourth-order valence-electron chi connectivity index (χ4n) is 4.93. The van der Waals surface area contributed by atoms with Crippen molar-refractivity contribution >= 4 is 23.5 Å². The van der Waals surface area contributed by atoms with E-state index >= 15 is 0 Å². The number of anilines is 1. The Kier molecular flexibility index (Phi) is 6.47. The third-order valence-electron chi connectivity index (χ3n) is 6.62. The molecule has 2 aliphatic carbocycles. The Balaban J connectivity index is 1.40. The second-order valence-electron chi connectivity index (χ2n) is 8.61. The zero-order valence-corrected chi connectivity index (χ0v) is 18.6. The summed E-state index contributed by atoms with van der Waals surface area (Å²) in [5.41, 5.74) is 2.61. The van der Waals surface area contributed by atoms with Crippen LogP contribution in [0.4, 0.5) is 5.82 Å². The fraction of sp³-hybridized carbons (Fsp3) is 0.636. The van der Waals surface area contributed by atoms with E-state index in [0.717, 1.165) is 36.3 Å². The van der Waals surface area contributed by atoms with E-state index in [1.54, 1.807) is 0 Å². The average molecular weight is 427 g/mol. The van der Waals surface area contributed by atoms with Crippen LogP contribution in [0.3, 0.4) is 0 Å². The second-order valence-corrected chi connectivity index (χ2v) is 9.55. The summed E-state index contributed by atoms with van der Waals surface area (Å²) < 4.78 is 2.18. The van der Waals surface area contributed by atoms with E-state index in [0.29, 0.717) is 28.5 Å². The maximum absolute atomic E-state index is 12.7. The lowest BCUT2D eigenvalue weighted by molar-refractivity contribution is -0.113. The minimum absolute atomic E-state index is 0.129. The number of nitriles is 1. The Bertz CT molecular complexity index is 944. The Labute approximate surface area is 182 Å². The predicted molar refractivity (Wildman–Crippen MR) is 118 cm³/mol. The molecule has 2 N–H and O–H groups in total. The van der Waals surface area contributed by atoms with Gasteiger partial charge in [0, 0.05) is 18.2 Å². The van der Waals surface area contributed by atoms with E-state index in [2.05, 4.69) is 31.1 Å². The largest absolute Gasteiger partial charge is 0.327 e. The van der Waals surface area contributed by atoms with Crippen molar-refractivity contribution in [1.82, 2.24) is 19.7 Å². The predicted octanol–water partition coefficient (Wildman–Crippen LogP) is 4.67. The number of hydrogen-bond acceptors (Lipinski definition) is 5. The molecule has 0 spiro atoms. The molecule has 0 bridgehead atoms. The Morgan fingerprint density at radius 3 is 2.63 bits per heavy atom. The number of nitrogens with zero attached hydrogens (tertiary/aromatic N) is 4. The summed E-state index contributed by atoms with van der Waals surface area (Å²) in [7, 11) is 0. The molecule has 0 unspecified atom stereocenters. The molecule has 30 heavy (non-hydrogen) atoms. The van der Waals surface area contributed by atoms with Gasteiger partial charge in [0.2, 0.25) is 11.1 Å². The molecule has 1 amide bonds. The van der Waals surface area contributed by atoms with Gasteiger partial charge in [0.15, 0.2) is 0 Å². The molecular formula is C22H30N6OS. The lowest BCUT2D eigenvalue weighted by Gasteiger charge is -2.19. The first kappa shape index (κ1) is 21.0. The number of thioether (sulfide) groups is 1. The molecular weight excluding hydrogens is 396 g/mol. The van der Waals surface area contributed by atoms with Gasteiger partial charge in [0.1, 0.15) is 17.7 Å². The van der Waals surface area contributed by atoms with Gasteiger partial charge in [-0.25, -0.2) is 4.98 Å². The highest BCUT2D eigenvalue weighted by molar-refractivity contribution is 7.99. The Hall–Kier alpha value is -2.27. The lowest BCUT2D eigenvalue weighted by Crippen LogP contribution is -2.19. The van der Waals surface area contributed by atoms with E-state index in [1.165, 1.54) is 50.3 Å². The van der Waals surface area contributed by atoms with Gasteiger partial charge in [-0.1, -0.05) is 50.3 Å². The highest BCUT2D eigenvalue weighted by Crippen LogP contribution is 2.37. The molecule has 2 aromatic rings. The average Bonchev–Trinajstić information content (AvgIpc) is 3.52. The van der Waals surface area contributed by atoms with E-state index in [9.17, 15) is 10.1 Å². The maximum Gasteiger partial charge on any atom is 0.235 e. The molecule has 0 aromatic carbocycles. The fourth-order valence-corrected chi connectivity index (χ4v) is 5.54. The molecule has 7 nitrogen and oxygen atoms in total. The normalized spacial score (nSPS) is 17.5. The molecule has 0 atom stereocenters. The molecule has 4 rings (SSSR count). The summed E-state index contributed by atoms with van der Waals surface area (Å²) in [6, 6.07) is 2.65. The van der Waals surface area contributed by atoms with Gasteiger partial charge >= 0.3 is 0 Å². The number of carbonyl (C=O) groups excluding carboxylic acids is 1. The van der Waals surface area contributed by atoms with Crippen molar-refractivity contribution < 1.29 is 4.79 Å². The quantitative estimate of drug-likeness (QED) is 0.627. The number of amides is 1. The smallest absolute Gasteiger partial charge is 0.235 e. The number of H-pyrrole nitrogens is 1. The zero-order chi connectivity index (χ0) is 21.1. The number of aromatic amines is 1. The summed E-state index contributed by atoms with van der Waals surface area (Å²) >= 11 is 1.33. The van der Waals surface area contributed by atoms with Crippen LogP contribution in [-0.4, -0.2) is 31.4 Å². The number of aromatic nitrogens is 4. The molecule has 0 aliphatic heterocycles. The second kappa shape index (κ2) is 9.25. The number of nitrogens with one attached hydrogen (secondary N) is 2. The third-order valence-corrected chi connectivity index (χ3v) is 7.46. The van der Waals surface area contributed by atoms with Crippen molar-refractivity contribution in [2.45, 2.75) is 82.8 Å². The third kappa shape index (κ3) is 4.41. The van der Waals surface area contributed by atoms with Crippen molar-refractivity contribution in [3.8, 4) is 6.07 Å². The van der Waals surface area contributed by atoms with Crippen molar-refractivity contribution in [1.29, 1.82) is 5.26 Å². The van der Waals surface area contributed by atoms with Crippen molar-refractivity contribution in [3.05, 3.63) is 22.6 Å². The van der Waals surface area contributed by atoms with E-state index in [1.807, 2.05) is 13.8 Å². The highest BCUT2D eigenvalue weighted by atomic mass is 32.2. The first-order chi connectivity index (χ1) is 14.6. The van der Waals surface area contributed by atoms with Crippen LogP contribution in [0.2, 0.25) is 0 Å². The van der Waals surface area contributed by atoms with Gasteiger partial charge < -0.3 is 9.88 Å². The van der Waals surface area contributed by atoms with Crippen molar-refractivity contribution in [2.75, 3.05) is 11.1 Å². The van der Waals surface area contributed by atoms with Crippen molar-refractivity contribution in [3.63, 3.8) is 0 Å². The van der Waals surface area contributed by atoms with Gasteiger partial charge in [-0.15, -0.1) is 5.10 Å². The summed E-state index contributed by atoms with van der Waals surface area (Å²) in [6.45, 7) is 4.00. The molecule has 160 valence electrons. The van der Waals surface area contributed by atoms with Crippen molar-refractivity contribution in [2.24, 2.45) is 5.92 Å². The van der Waals surface area contributed by atoms with Crippen LogP contribution >= 0.6 is 11.8 Å². The SMILES string of the molecule is Cc1c(C#N)c(NC(=O)CSc2n[nH]c(CC3CCCC3)n2)n(C2CCCC2)c1C. The summed E-state index contributed by atoms with van der Waals surface area (Å²) in [5.74, 6) is 2.37. The Morgan fingerprint density at radius 1 is 1.23 bits per heavy atom.